The van der Waals surface area contributed by atoms with Gasteiger partial charge < -0.3 is 19.7 Å². The predicted octanol–water partition coefficient (Wildman–Crippen LogP) is 14.7. The van der Waals surface area contributed by atoms with E-state index in [0.717, 1.165) is 44.9 Å². The molecule has 10 nitrogen and oxygen atoms in total. The highest BCUT2D eigenvalue weighted by Gasteiger charge is 2.31. The molecule has 0 fully saturated rings. The van der Waals surface area contributed by atoms with E-state index >= 15 is 0 Å². The van der Waals surface area contributed by atoms with Crippen LogP contribution in [0.25, 0.3) is 0 Å². The first kappa shape index (κ1) is 60.9. The summed E-state index contributed by atoms with van der Waals surface area (Å²) in [6.07, 6.45) is 37.7. The normalized spacial score (nSPS) is 14.3. The van der Waals surface area contributed by atoms with Crippen LogP contribution in [0.2, 0.25) is 0 Å². The van der Waals surface area contributed by atoms with Crippen LogP contribution in [-0.4, -0.2) is 60.0 Å². The Bertz CT molecular complexity index is 1130. The fourth-order valence-corrected chi connectivity index (χ4v) is 8.30. The van der Waals surface area contributed by atoms with Gasteiger partial charge in [-0.15, -0.1) is 0 Å². The summed E-state index contributed by atoms with van der Waals surface area (Å²) in [7, 11) is -4.57. The number of carbonyl (C=O) groups excluding carboxylic acids is 3. The van der Waals surface area contributed by atoms with Crippen LogP contribution in [0, 0.1) is 5.41 Å². The van der Waals surface area contributed by atoms with E-state index in [2.05, 4.69) is 52.6 Å². The Balaban J connectivity index is 4.62. The van der Waals surface area contributed by atoms with E-state index in [-0.39, 0.29) is 43.9 Å². The van der Waals surface area contributed by atoms with Crippen molar-refractivity contribution in [3.05, 3.63) is 0 Å². The lowest BCUT2D eigenvalue weighted by Gasteiger charge is -2.27. The third-order valence-corrected chi connectivity index (χ3v) is 13.0. The van der Waals surface area contributed by atoms with Crippen LogP contribution < -0.4 is 5.32 Å². The number of phosphoric acid groups is 1. The molecule has 0 aromatic carbocycles. The molecule has 3 atom stereocenters. The molecule has 0 heterocycles. The summed E-state index contributed by atoms with van der Waals surface area (Å²) in [4.78, 5) is 48.5. The molecule has 0 aromatic rings. The van der Waals surface area contributed by atoms with Crippen LogP contribution in [-0.2, 0) is 37.5 Å². The van der Waals surface area contributed by atoms with Crippen molar-refractivity contribution in [3.63, 3.8) is 0 Å². The van der Waals surface area contributed by atoms with Gasteiger partial charge in [-0.25, -0.2) is 4.57 Å². The molecule has 0 aliphatic rings. The van der Waals surface area contributed by atoms with E-state index < -0.39 is 37.2 Å². The minimum Gasteiger partial charge on any atom is -0.462 e. The fraction of sp³-hybridized carbons (Fsp3) is 0.940. The largest absolute Gasteiger partial charge is 0.472 e. The Morgan fingerprint density at radius 2 is 0.919 bits per heavy atom. The number of phosphoric ester groups is 1. The Morgan fingerprint density at radius 1 is 0.548 bits per heavy atom. The molecule has 2 unspecified atom stereocenters. The average molecular weight is 920 g/mol. The van der Waals surface area contributed by atoms with E-state index in [0.29, 0.717) is 12.8 Å². The van der Waals surface area contributed by atoms with Crippen LogP contribution >= 0.6 is 20.5 Å². The molecule has 0 aromatic heterocycles. The van der Waals surface area contributed by atoms with Crippen LogP contribution in [0.4, 0.5) is 0 Å². The first-order valence-electron chi connectivity index (χ1n) is 25.6. The molecular weight excluding hydrogens is 822 g/mol. The molecular formula is C50H98NO9PS. The number of rotatable bonds is 45. The van der Waals surface area contributed by atoms with Crippen molar-refractivity contribution in [1.29, 1.82) is 0 Å². The van der Waals surface area contributed by atoms with Gasteiger partial charge >= 0.3 is 19.8 Å². The Labute approximate surface area is 387 Å². The first-order valence-corrected chi connectivity index (χ1v) is 27.5. The number of amides is 1. The summed E-state index contributed by atoms with van der Waals surface area (Å²) < 4.78 is 33.1. The molecule has 0 radical (unpaired) electrons. The summed E-state index contributed by atoms with van der Waals surface area (Å²) in [5.41, 5.74) is 0.0516. The Hall–Kier alpha value is -1.13. The summed E-state index contributed by atoms with van der Waals surface area (Å²) in [6, 6.07) is 0. The van der Waals surface area contributed by atoms with E-state index in [1.165, 1.54) is 148 Å². The molecule has 12 heteroatoms. The minimum absolute atomic E-state index is 0.0208. The maximum absolute atomic E-state index is 12.8. The van der Waals surface area contributed by atoms with Gasteiger partial charge in [-0.2, -0.15) is 12.6 Å². The quantitative estimate of drug-likeness (QED) is 0.0236. The van der Waals surface area contributed by atoms with Crippen LogP contribution in [0.15, 0.2) is 0 Å². The highest BCUT2D eigenvalue weighted by Crippen LogP contribution is 2.43. The van der Waals surface area contributed by atoms with Gasteiger partial charge in [0.1, 0.15) is 6.61 Å². The third kappa shape index (κ3) is 41.6. The second-order valence-corrected chi connectivity index (χ2v) is 21.8. The molecule has 0 bridgehead atoms. The molecule has 62 heavy (non-hydrogen) atoms. The third-order valence-electron chi connectivity index (χ3n) is 11.6. The lowest BCUT2D eigenvalue weighted by atomic mass is 9.86. The number of nitrogens with one attached hydrogen (secondary N) is 1. The van der Waals surface area contributed by atoms with Gasteiger partial charge in [0.15, 0.2) is 6.10 Å². The highest BCUT2D eigenvalue weighted by molar-refractivity contribution is 7.82. The second kappa shape index (κ2) is 40.2. The van der Waals surface area contributed by atoms with E-state index in [4.69, 9.17) is 18.5 Å². The summed E-state index contributed by atoms with van der Waals surface area (Å²) in [5.74, 6) is -1.17. The molecule has 0 saturated heterocycles. The molecule has 0 saturated carbocycles. The Kier molecular flexibility index (Phi) is 39.4. The second-order valence-electron chi connectivity index (χ2n) is 19.4. The number of carbonyl (C=O) groups is 3. The predicted molar refractivity (Wildman–Crippen MR) is 261 cm³/mol. The van der Waals surface area contributed by atoms with Crippen molar-refractivity contribution in [1.82, 2.24) is 5.32 Å². The van der Waals surface area contributed by atoms with Crippen molar-refractivity contribution < 1.29 is 42.4 Å². The van der Waals surface area contributed by atoms with Gasteiger partial charge in [0.25, 0.3) is 0 Å². The first-order chi connectivity index (χ1) is 29.6. The van der Waals surface area contributed by atoms with Crippen molar-refractivity contribution in [2.75, 3.05) is 26.4 Å². The molecule has 1 amide bonds. The van der Waals surface area contributed by atoms with Gasteiger partial charge in [-0.05, 0) is 38.0 Å². The lowest BCUT2D eigenvalue weighted by molar-refractivity contribution is -0.161. The molecule has 0 aliphatic carbocycles. The molecule has 368 valence electrons. The van der Waals surface area contributed by atoms with Gasteiger partial charge in [0.2, 0.25) is 5.91 Å². The maximum atomic E-state index is 12.8. The number of unbranched alkanes of at least 4 members (excludes halogenated alkanes) is 28. The molecule has 0 aliphatic heterocycles. The zero-order valence-corrected chi connectivity index (χ0v) is 42.8. The topological polar surface area (TPSA) is 137 Å². The number of hydrogen-bond donors (Lipinski definition) is 3. The van der Waals surface area contributed by atoms with Gasteiger partial charge in [-0.1, -0.05) is 214 Å². The van der Waals surface area contributed by atoms with Gasteiger partial charge in [0, 0.05) is 19.4 Å². The fourth-order valence-electron chi connectivity index (χ4n) is 7.36. The SMILES string of the molecule is CCCCCCCCCCCCCCCCCC(=O)OC[C@H](COP(=O)(O)OCCNC(=O)C(C)(S)CCC(C)(C)C)OC(=O)CCCCCCCCCCCCCCCCC. The molecule has 0 spiro atoms. The lowest BCUT2D eigenvalue weighted by Crippen LogP contribution is -2.42. The van der Waals surface area contributed by atoms with E-state index in [1.807, 2.05) is 0 Å². The van der Waals surface area contributed by atoms with E-state index in [1.54, 1.807) is 6.92 Å². The van der Waals surface area contributed by atoms with Crippen molar-refractivity contribution in [2.45, 2.75) is 271 Å². The number of esters is 2. The van der Waals surface area contributed by atoms with E-state index in [9.17, 15) is 23.8 Å². The number of ether oxygens (including phenoxy) is 2. The van der Waals surface area contributed by atoms with Crippen LogP contribution in [0.5, 0.6) is 0 Å². The summed E-state index contributed by atoms with van der Waals surface area (Å²) >= 11 is 4.53. The van der Waals surface area contributed by atoms with Gasteiger partial charge in [-0.3, -0.25) is 23.4 Å². The van der Waals surface area contributed by atoms with Crippen molar-refractivity contribution in [2.24, 2.45) is 5.41 Å². The monoisotopic (exact) mass is 920 g/mol. The molecule has 0 rings (SSSR count). The number of thiol groups is 1. The highest BCUT2D eigenvalue weighted by atomic mass is 32.1. The van der Waals surface area contributed by atoms with Crippen molar-refractivity contribution in [3.8, 4) is 0 Å². The molecule has 2 N–H and O–H groups in total. The zero-order chi connectivity index (χ0) is 46.2. The maximum Gasteiger partial charge on any atom is 0.472 e. The van der Waals surface area contributed by atoms with Crippen LogP contribution in [0.1, 0.15) is 260 Å². The average Bonchev–Trinajstić information content (AvgIpc) is 3.22. The Morgan fingerprint density at radius 3 is 1.31 bits per heavy atom. The van der Waals surface area contributed by atoms with Gasteiger partial charge in [0.05, 0.1) is 18.0 Å². The summed E-state index contributed by atoms with van der Waals surface area (Å²) in [6.45, 7) is 11.5. The van der Waals surface area contributed by atoms with Crippen molar-refractivity contribution >= 4 is 38.3 Å². The minimum atomic E-state index is -4.57. The zero-order valence-electron chi connectivity index (χ0n) is 41.1. The standard InChI is InChI=1S/C50H98NO9PS/c1-7-9-11-13-15-17-19-21-23-25-27-29-31-33-35-37-46(52)57-43-45(44-59-61(55,56)58-42-41-51-48(54)50(6,62)40-39-49(3,4)5)60-47(53)38-36-34-32-30-28-26-24-22-20-18-16-14-12-10-8-2/h45,62H,7-44H2,1-6H3,(H,51,54)(H,55,56)/t45-,50?/m1/s1. The van der Waals surface area contributed by atoms with Crippen LogP contribution in [0.3, 0.4) is 0 Å². The smallest absolute Gasteiger partial charge is 0.462 e. The summed E-state index contributed by atoms with van der Waals surface area (Å²) in [5, 5.41) is 2.70. The number of hydrogen-bond acceptors (Lipinski definition) is 9.